The summed E-state index contributed by atoms with van der Waals surface area (Å²) in [6, 6.07) is 3.57. The Bertz CT molecular complexity index is 419. The highest BCUT2D eigenvalue weighted by atomic mass is 79.9. The van der Waals surface area contributed by atoms with Crippen molar-refractivity contribution in [1.29, 1.82) is 0 Å². The van der Waals surface area contributed by atoms with E-state index in [-0.39, 0.29) is 5.91 Å². The third kappa shape index (κ3) is 3.64. The van der Waals surface area contributed by atoms with Crippen LogP contribution in [0.4, 0.5) is 5.69 Å². The molecule has 1 rings (SSSR count). The number of carbonyl (C=O) groups is 1. The summed E-state index contributed by atoms with van der Waals surface area (Å²) < 4.78 is 7.03. The summed E-state index contributed by atoms with van der Waals surface area (Å²) in [5, 5.41) is 2.70. The number of anilines is 1. The van der Waals surface area contributed by atoms with Crippen molar-refractivity contribution in [3.05, 3.63) is 33.7 Å². The van der Waals surface area contributed by atoms with Gasteiger partial charge in [-0.1, -0.05) is 12.7 Å². The van der Waals surface area contributed by atoms with Gasteiger partial charge in [-0.05, 0) is 37.9 Å². The normalized spacial score (nSPS) is 9.69. The molecule has 0 unspecified atom stereocenters. The van der Waals surface area contributed by atoms with Crippen molar-refractivity contribution in [3.8, 4) is 5.75 Å². The van der Waals surface area contributed by atoms with Gasteiger partial charge in [0.05, 0.1) is 10.2 Å². The Morgan fingerprint density at radius 2 is 2.19 bits per heavy atom. The number of hydrogen-bond donors (Lipinski definition) is 1. The van der Waals surface area contributed by atoms with Crippen LogP contribution in [0.15, 0.2) is 33.7 Å². The summed E-state index contributed by atoms with van der Waals surface area (Å²) in [5.74, 6) is 0.532. The molecule has 5 heteroatoms. The van der Waals surface area contributed by atoms with Crippen molar-refractivity contribution in [2.45, 2.75) is 6.92 Å². The highest BCUT2D eigenvalue weighted by molar-refractivity contribution is 9.11. The van der Waals surface area contributed by atoms with E-state index in [4.69, 9.17) is 4.74 Å². The van der Waals surface area contributed by atoms with Crippen LogP contribution in [0.25, 0.3) is 0 Å². The Balaban J connectivity index is 3.00. The second-order valence-electron chi connectivity index (χ2n) is 3.04. The van der Waals surface area contributed by atoms with Crippen LogP contribution in [-0.4, -0.2) is 12.5 Å². The molecule has 0 aliphatic carbocycles. The fourth-order valence-corrected chi connectivity index (χ4v) is 2.28. The van der Waals surface area contributed by atoms with E-state index in [9.17, 15) is 4.79 Å². The van der Waals surface area contributed by atoms with Crippen LogP contribution in [0.5, 0.6) is 5.75 Å². The molecule has 16 heavy (non-hydrogen) atoms. The smallest absolute Gasteiger partial charge is 0.221 e. The van der Waals surface area contributed by atoms with Crippen LogP contribution in [0.1, 0.15) is 6.92 Å². The Hall–Kier alpha value is -0.810. The maximum atomic E-state index is 11.0. The average Bonchev–Trinajstić information content (AvgIpc) is 2.20. The van der Waals surface area contributed by atoms with E-state index in [1.54, 1.807) is 12.1 Å². The van der Waals surface area contributed by atoms with E-state index in [1.165, 1.54) is 6.92 Å². The number of rotatable bonds is 4. The van der Waals surface area contributed by atoms with Crippen molar-refractivity contribution in [3.63, 3.8) is 0 Å². The first-order chi connectivity index (χ1) is 7.54. The summed E-state index contributed by atoms with van der Waals surface area (Å²) in [4.78, 5) is 11.0. The minimum Gasteiger partial charge on any atom is -0.488 e. The van der Waals surface area contributed by atoms with E-state index >= 15 is 0 Å². The van der Waals surface area contributed by atoms with Crippen molar-refractivity contribution in [1.82, 2.24) is 0 Å². The Morgan fingerprint density at radius 1 is 1.50 bits per heavy atom. The molecule has 0 aliphatic rings. The van der Waals surface area contributed by atoms with Crippen molar-refractivity contribution < 1.29 is 9.53 Å². The summed E-state index contributed by atoms with van der Waals surface area (Å²) in [7, 11) is 0. The van der Waals surface area contributed by atoms with Gasteiger partial charge in [0.2, 0.25) is 5.91 Å². The fourth-order valence-electron chi connectivity index (χ4n) is 1.07. The Labute approximate surface area is 111 Å². The zero-order valence-corrected chi connectivity index (χ0v) is 11.9. The predicted octanol–water partition coefficient (Wildman–Crippen LogP) is 3.73. The van der Waals surface area contributed by atoms with Gasteiger partial charge in [0.1, 0.15) is 12.4 Å². The number of amides is 1. The van der Waals surface area contributed by atoms with Gasteiger partial charge in [0.15, 0.2) is 0 Å². The van der Waals surface area contributed by atoms with Crippen LogP contribution in [0, 0.1) is 0 Å². The minimum atomic E-state index is -0.127. The van der Waals surface area contributed by atoms with E-state index < -0.39 is 0 Å². The van der Waals surface area contributed by atoms with Crippen molar-refractivity contribution in [2.24, 2.45) is 0 Å². The maximum absolute atomic E-state index is 11.0. The first kappa shape index (κ1) is 13.3. The van der Waals surface area contributed by atoms with Crippen LogP contribution < -0.4 is 10.1 Å². The van der Waals surface area contributed by atoms with Crippen LogP contribution in [0.3, 0.4) is 0 Å². The molecule has 0 saturated carbocycles. The molecule has 0 bridgehead atoms. The first-order valence-electron chi connectivity index (χ1n) is 4.55. The first-order valence-corrected chi connectivity index (χ1v) is 6.13. The molecule has 0 spiro atoms. The number of ether oxygens (including phenoxy) is 1. The second kappa shape index (κ2) is 6.06. The molecule has 86 valence electrons. The number of nitrogens with one attached hydrogen (secondary N) is 1. The van der Waals surface area contributed by atoms with Gasteiger partial charge in [0, 0.05) is 17.5 Å². The standard InChI is InChI=1S/C11H11Br2NO2/c1-3-4-16-11-6-10(14-7(2)15)8(12)5-9(11)13/h3,5-6H,1,4H2,2H3,(H,14,15). The lowest BCUT2D eigenvalue weighted by Gasteiger charge is -2.11. The molecule has 0 aliphatic heterocycles. The van der Waals surface area contributed by atoms with Gasteiger partial charge >= 0.3 is 0 Å². The van der Waals surface area contributed by atoms with Crippen LogP contribution in [0.2, 0.25) is 0 Å². The van der Waals surface area contributed by atoms with Crippen LogP contribution >= 0.6 is 31.9 Å². The number of benzene rings is 1. The number of carbonyl (C=O) groups excluding carboxylic acids is 1. The monoisotopic (exact) mass is 347 g/mol. The number of hydrogen-bond acceptors (Lipinski definition) is 2. The van der Waals surface area contributed by atoms with Gasteiger partial charge in [-0.2, -0.15) is 0 Å². The van der Waals surface area contributed by atoms with Gasteiger partial charge in [-0.25, -0.2) is 0 Å². The maximum Gasteiger partial charge on any atom is 0.221 e. The predicted molar refractivity (Wildman–Crippen MR) is 71.8 cm³/mol. The van der Waals surface area contributed by atoms with E-state index in [0.717, 1.165) is 8.95 Å². The lowest BCUT2D eigenvalue weighted by Crippen LogP contribution is -2.07. The zero-order valence-electron chi connectivity index (χ0n) is 8.72. The third-order valence-corrected chi connectivity index (χ3v) is 2.96. The molecule has 0 radical (unpaired) electrons. The van der Waals surface area contributed by atoms with Gasteiger partial charge in [-0.15, -0.1) is 0 Å². The van der Waals surface area contributed by atoms with Gasteiger partial charge in [-0.3, -0.25) is 4.79 Å². The Morgan fingerprint density at radius 3 is 2.75 bits per heavy atom. The largest absolute Gasteiger partial charge is 0.488 e. The zero-order chi connectivity index (χ0) is 12.1. The Kier molecular flexibility index (Phi) is 5.02. The lowest BCUT2D eigenvalue weighted by atomic mass is 10.3. The van der Waals surface area contributed by atoms with Gasteiger partial charge in [0.25, 0.3) is 0 Å². The molecule has 0 atom stereocenters. The SMILES string of the molecule is C=CCOc1cc(NC(C)=O)c(Br)cc1Br. The molecule has 0 saturated heterocycles. The van der Waals surface area contributed by atoms with E-state index in [2.05, 4.69) is 43.8 Å². The highest BCUT2D eigenvalue weighted by Gasteiger charge is 2.08. The molecule has 0 fully saturated rings. The van der Waals surface area contributed by atoms with Gasteiger partial charge < -0.3 is 10.1 Å². The highest BCUT2D eigenvalue weighted by Crippen LogP contribution is 2.34. The summed E-state index contributed by atoms with van der Waals surface area (Å²) in [5.41, 5.74) is 0.676. The van der Waals surface area contributed by atoms with E-state index in [1.807, 2.05) is 6.07 Å². The molecule has 3 nitrogen and oxygen atoms in total. The molecule has 1 amide bonds. The molecule has 0 aromatic heterocycles. The molecular weight excluding hydrogens is 338 g/mol. The average molecular weight is 349 g/mol. The van der Waals surface area contributed by atoms with Crippen molar-refractivity contribution >= 4 is 43.5 Å². The topological polar surface area (TPSA) is 38.3 Å². The summed E-state index contributed by atoms with van der Waals surface area (Å²) in [6.07, 6.45) is 1.66. The second-order valence-corrected chi connectivity index (χ2v) is 4.75. The molecule has 0 heterocycles. The third-order valence-electron chi connectivity index (χ3n) is 1.69. The van der Waals surface area contributed by atoms with E-state index in [0.29, 0.717) is 18.0 Å². The minimum absolute atomic E-state index is 0.127. The summed E-state index contributed by atoms with van der Waals surface area (Å²) >= 11 is 6.73. The molecule has 1 N–H and O–H groups in total. The number of halogens is 2. The summed E-state index contributed by atoms with van der Waals surface area (Å²) in [6.45, 7) is 5.45. The molecule has 1 aromatic rings. The lowest BCUT2D eigenvalue weighted by molar-refractivity contribution is -0.114. The fraction of sp³-hybridized carbons (Fsp3) is 0.182. The molecule has 1 aromatic carbocycles. The molecular formula is C11H11Br2NO2. The quantitative estimate of drug-likeness (QED) is 0.842. The van der Waals surface area contributed by atoms with Crippen molar-refractivity contribution in [2.75, 3.05) is 11.9 Å². The van der Waals surface area contributed by atoms with Crippen LogP contribution in [-0.2, 0) is 4.79 Å².